The minimum Gasteiger partial charge on any atom is -0.486 e. The molecule has 0 aliphatic heterocycles. The lowest BCUT2D eigenvalue weighted by Crippen LogP contribution is -2.02. The zero-order valence-corrected chi connectivity index (χ0v) is 19.0. The summed E-state index contributed by atoms with van der Waals surface area (Å²) in [5.41, 5.74) is 0.881. The van der Waals surface area contributed by atoms with Gasteiger partial charge in [0.25, 0.3) is 0 Å². The average Bonchev–Trinajstić information content (AvgIpc) is 3.47. The highest BCUT2D eigenvalue weighted by molar-refractivity contribution is 7.98. The molecule has 0 aliphatic carbocycles. The highest BCUT2D eigenvalue weighted by atomic mass is 32.2. The van der Waals surface area contributed by atoms with Crippen LogP contribution in [0.2, 0.25) is 0 Å². The van der Waals surface area contributed by atoms with E-state index in [9.17, 15) is 10.1 Å². The number of hydrogen-bond acceptors (Lipinski definition) is 9. The van der Waals surface area contributed by atoms with E-state index in [-0.39, 0.29) is 5.69 Å². The van der Waals surface area contributed by atoms with Gasteiger partial charge in [0.2, 0.25) is 5.16 Å². The lowest BCUT2D eigenvalue weighted by atomic mass is 10.3. The summed E-state index contributed by atoms with van der Waals surface area (Å²) in [4.78, 5) is 10.8. The molecule has 0 unspecified atom stereocenters. The summed E-state index contributed by atoms with van der Waals surface area (Å²) in [7, 11) is 0. The van der Waals surface area contributed by atoms with E-state index in [0.29, 0.717) is 46.4 Å². The van der Waals surface area contributed by atoms with E-state index in [2.05, 4.69) is 20.4 Å². The molecule has 0 saturated heterocycles. The third-order valence-electron chi connectivity index (χ3n) is 4.72. The van der Waals surface area contributed by atoms with Gasteiger partial charge in [-0.3, -0.25) is 14.8 Å². The Morgan fingerprint density at radius 3 is 2.70 bits per heavy atom. The van der Waals surface area contributed by atoms with Crippen molar-refractivity contribution in [2.24, 2.45) is 5.10 Å². The minimum absolute atomic E-state index is 0.0242. The first-order chi connectivity index (χ1) is 15.9. The molecular formula is C21H21N7O4S. The molecular weight excluding hydrogens is 446 g/mol. The first-order valence-corrected chi connectivity index (χ1v) is 10.9. The fraction of sp³-hybridized carbons (Fsp3) is 0.238. The molecule has 0 bridgehead atoms. The molecule has 0 amide bonds. The number of benzene rings is 1. The maximum Gasteiger partial charge on any atom is 0.312 e. The van der Waals surface area contributed by atoms with Gasteiger partial charge >= 0.3 is 5.69 Å². The van der Waals surface area contributed by atoms with E-state index in [1.54, 1.807) is 42.4 Å². The number of furan rings is 1. The Balaban J connectivity index is 1.42. The second kappa shape index (κ2) is 9.69. The van der Waals surface area contributed by atoms with Gasteiger partial charge in [0.05, 0.1) is 17.0 Å². The maximum atomic E-state index is 11.2. The van der Waals surface area contributed by atoms with Crippen molar-refractivity contribution in [1.29, 1.82) is 0 Å². The van der Waals surface area contributed by atoms with Gasteiger partial charge in [-0.15, -0.1) is 10.2 Å². The van der Waals surface area contributed by atoms with Crippen LogP contribution >= 0.6 is 11.8 Å². The molecule has 1 aromatic carbocycles. The molecule has 0 aliphatic rings. The molecule has 0 spiro atoms. The zero-order chi connectivity index (χ0) is 23.4. The monoisotopic (exact) mass is 467 g/mol. The Kier molecular flexibility index (Phi) is 6.54. The molecule has 0 N–H and O–H groups in total. The molecule has 0 radical (unpaired) electrons. The van der Waals surface area contributed by atoms with Crippen LogP contribution in [0.3, 0.4) is 0 Å². The standard InChI is InChI=1S/C21H21N7O4S/c1-14-20(28(29)30)15(2)26(25-14)13-33-21-24-23-16(3)27(21)22-11-18-9-10-19(32-18)12-31-17-7-5-4-6-8-17/h4-11H,12-13H2,1-3H3/b22-11-. The summed E-state index contributed by atoms with van der Waals surface area (Å²) in [5.74, 6) is 2.91. The topological polar surface area (TPSA) is 126 Å². The summed E-state index contributed by atoms with van der Waals surface area (Å²) >= 11 is 1.32. The second-order valence-electron chi connectivity index (χ2n) is 7.04. The smallest absolute Gasteiger partial charge is 0.312 e. The number of aryl methyl sites for hydroxylation is 2. The third kappa shape index (κ3) is 5.12. The van der Waals surface area contributed by atoms with Gasteiger partial charge in [-0.25, -0.2) is 0 Å². The van der Waals surface area contributed by atoms with Crippen molar-refractivity contribution in [3.05, 3.63) is 81.3 Å². The van der Waals surface area contributed by atoms with Gasteiger partial charge in [-0.1, -0.05) is 30.0 Å². The molecule has 0 atom stereocenters. The van der Waals surface area contributed by atoms with Crippen LogP contribution in [-0.4, -0.2) is 35.8 Å². The Hall–Kier alpha value is -3.93. The Morgan fingerprint density at radius 1 is 1.18 bits per heavy atom. The molecule has 33 heavy (non-hydrogen) atoms. The lowest BCUT2D eigenvalue weighted by molar-refractivity contribution is -0.386. The molecule has 4 rings (SSSR count). The van der Waals surface area contributed by atoms with E-state index in [0.717, 1.165) is 5.75 Å². The SMILES string of the molecule is Cc1nn(CSc2nnc(C)n2/N=C\c2ccc(COc3ccccc3)o2)c(C)c1[N+](=O)[O-]. The first-order valence-electron chi connectivity index (χ1n) is 9.96. The predicted molar refractivity (Wildman–Crippen MR) is 121 cm³/mol. The highest BCUT2D eigenvalue weighted by Crippen LogP contribution is 2.25. The van der Waals surface area contributed by atoms with Crippen LogP contribution in [0, 0.1) is 30.9 Å². The maximum absolute atomic E-state index is 11.2. The Labute approximate surface area is 193 Å². The molecule has 3 heterocycles. The molecule has 170 valence electrons. The molecule has 0 saturated carbocycles. The minimum atomic E-state index is -0.418. The number of nitro groups is 1. The van der Waals surface area contributed by atoms with Gasteiger partial charge < -0.3 is 9.15 Å². The van der Waals surface area contributed by atoms with Crippen LogP contribution in [0.15, 0.2) is 57.1 Å². The second-order valence-corrected chi connectivity index (χ2v) is 7.95. The number of para-hydroxylation sites is 1. The highest BCUT2D eigenvalue weighted by Gasteiger charge is 2.22. The van der Waals surface area contributed by atoms with Crippen molar-refractivity contribution in [1.82, 2.24) is 24.7 Å². The van der Waals surface area contributed by atoms with Crippen LogP contribution < -0.4 is 4.74 Å². The van der Waals surface area contributed by atoms with E-state index >= 15 is 0 Å². The van der Waals surface area contributed by atoms with Crippen molar-refractivity contribution >= 4 is 23.7 Å². The summed E-state index contributed by atoms with van der Waals surface area (Å²) < 4.78 is 14.6. The third-order valence-corrected chi connectivity index (χ3v) is 5.60. The van der Waals surface area contributed by atoms with Crippen LogP contribution in [0.1, 0.15) is 28.7 Å². The number of hydrogen-bond donors (Lipinski definition) is 0. The fourth-order valence-corrected chi connectivity index (χ4v) is 3.97. The van der Waals surface area contributed by atoms with E-state index in [4.69, 9.17) is 9.15 Å². The normalized spacial score (nSPS) is 11.4. The van der Waals surface area contributed by atoms with Crippen LogP contribution in [0.4, 0.5) is 5.69 Å². The molecule has 4 aromatic rings. The number of aromatic nitrogens is 5. The van der Waals surface area contributed by atoms with Crippen LogP contribution in [0.25, 0.3) is 0 Å². The largest absolute Gasteiger partial charge is 0.486 e. The van der Waals surface area contributed by atoms with Crippen LogP contribution in [0.5, 0.6) is 5.75 Å². The Morgan fingerprint density at radius 2 is 1.97 bits per heavy atom. The van der Waals surface area contributed by atoms with Gasteiger partial charge in [-0.2, -0.15) is 14.9 Å². The van der Waals surface area contributed by atoms with Crippen molar-refractivity contribution in [3.8, 4) is 5.75 Å². The van der Waals surface area contributed by atoms with Crippen molar-refractivity contribution in [3.63, 3.8) is 0 Å². The fourth-order valence-electron chi connectivity index (χ4n) is 3.08. The summed E-state index contributed by atoms with van der Waals surface area (Å²) in [6.07, 6.45) is 1.57. The quantitative estimate of drug-likeness (QED) is 0.156. The first kappa shape index (κ1) is 22.3. The molecule has 12 heteroatoms. The van der Waals surface area contributed by atoms with Crippen molar-refractivity contribution < 1.29 is 14.1 Å². The molecule has 3 aromatic heterocycles. The lowest BCUT2D eigenvalue weighted by Gasteiger charge is -2.04. The van der Waals surface area contributed by atoms with Crippen molar-refractivity contribution in [2.75, 3.05) is 0 Å². The van der Waals surface area contributed by atoms with Gasteiger partial charge in [0.15, 0.2) is 5.82 Å². The number of rotatable bonds is 9. The number of nitrogens with zero attached hydrogens (tertiary/aromatic N) is 7. The predicted octanol–water partition coefficient (Wildman–Crippen LogP) is 4.11. The van der Waals surface area contributed by atoms with Gasteiger partial charge in [0.1, 0.15) is 35.3 Å². The summed E-state index contributed by atoms with van der Waals surface area (Å²) in [6.45, 7) is 5.37. The summed E-state index contributed by atoms with van der Waals surface area (Å²) in [5, 5.41) is 28.6. The van der Waals surface area contributed by atoms with E-state index < -0.39 is 4.92 Å². The van der Waals surface area contributed by atoms with Gasteiger partial charge in [0, 0.05) is 0 Å². The van der Waals surface area contributed by atoms with E-state index in [1.165, 1.54) is 11.8 Å². The van der Waals surface area contributed by atoms with E-state index in [1.807, 2.05) is 36.4 Å². The van der Waals surface area contributed by atoms with Crippen LogP contribution in [-0.2, 0) is 12.5 Å². The molecule has 11 nitrogen and oxygen atoms in total. The number of ether oxygens (including phenoxy) is 1. The molecule has 0 fully saturated rings. The number of thioether (sulfide) groups is 1. The van der Waals surface area contributed by atoms with Crippen molar-refractivity contribution in [2.45, 2.75) is 38.4 Å². The zero-order valence-electron chi connectivity index (χ0n) is 18.2. The Bertz CT molecular complexity index is 1290. The summed E-state index contributed by atoms with van der Waals surface area (Å²) in [6, 6.07) is 13.1. The van der Waals surface area contributed by atoms with Gasteiger partial charge in [-0.05, 0) is 45.0 Å². The average molecular weight is 468 g/mol.